The number of carbonyl (C=O) groups excluding carboxylic acids is 1. The number of nitrogens with two attached hydrogens (primary N) is 1. The van der Waals surface area contributed by atoms with Crippen molar-refractivity contribution >= 4 is 28.4 Å². The Kier molecular flexibility index (Phi) is 7.22. The largest absolute Gasteiger partial charge is 0.410 e. The number of carbonyl (C=O) groups is 1. The molecule has 1 amide bonds. The molecule has 0 saturated carbocycles. The molecular weight excluding hydrogens is 556 g/mol. The highest BCUT2D eigenvalue weighted by atomic mass is 19.4. The van der Waals surface area contributed by atoms with Gasteiger partial charge in [-0.15, -0.1) is 0 Å². The van der Waals surface area contributed by atoms with Crippen LogP contribution in [-0.2, 0) is 0 Å². The summed E-state index contributed by atoms with van der Waals surface area (Å²) in [4.78, 5) is 34.3. The van der Waals surface area contributed by atoms with Gasteiger partial charge in [0.2, 0.25) is 5.43 Å². The van der Waals surface area contributed by atoms with Gasteiger partial charge in [-0.3, -0.25) is 14.3 Å². The number of amides is 1. The second-order valence-electron chi connectivity index (χ2n) is 9.80. The maximum atomic E-state index is 13.5. The molecule has 3 aromatic heterocycles. The summed E-state index contributed by atoms with van der Waals surface area (Å²) in [6.07, 6.45) is -2.02. The van der Waals surface area contributed by atoms with Gasteiger partial charge in [-0.2, -0.15) is 23.4 Å². The SMILES string of the molecule is CC(C)n1cc(-c2ccc(F)cc2)c(=O)c(C(=O)Nc2ccc(-c3nn(C(C)C(F)(F)F)c4ncnc(N)c34)cc2)n1. The van der Waals surface area contributed by atoms with Crippen LogP contribution in [0.3, 0.4) is 0 Å². The molecule has 10 nitrogen and oxygen atoms in total. The Balaban J connectivity index is 1.48. The van der Waals surface area contributed by atoms with E-state index in [0.29, 0.717) is 11.1 Å². The zero-order valence-electron chi connectivity index (χ0n) is 22.5. The van der Waals surface area contributed by atoms with E-state index in [9.17, 15) is 27.2 Å². The van der Waals surface area contributed by atoms with Crippen LogP contribution in [0.1, 0.15) is 43.3 Å². The zero-order chi connectivity index (χ0) is 30.3. The van der Waals surface area contributed by atoms with E-state index < -0.39 is 29.4 Å². The Morgan fingerprint density at radius 3 is 2.21 bits per heavy atom. The number of halogens is 4. The van der Waals surface area contributed by atoms with Crippen molar-refractivity contribution in [3.63, 3.8) is 0 Å². The second kappa shape index (κ2) is 10.7. The summed E-state index contributed by atoms with van der Waals surface area (Å²) in [5.74, 6) is -1.29. The topological polar surface area (TPSA) is 134 Å². The Morgan fingerprint density at radius 1 is 0.952 bits per heavy atom. The summed E-state index contributed by atoms with van der Waals surface area (Å²) in [7, 11) is 0. The van der Waals surface area contributed by atoms with Crippen molar-refractivity contribution in [1.82, 2.24) is 29.5 Å². The molecule has 1 atom stereocenters. The fraction of sp³-hybridized carbons (Fsp3) is 0.214. The average molecular weight is 581 g/mol. The maximum Gasteiger partial charge on any atom is 0.410 e. The van der Waals surface area contributed by atoms with E-state index in [1.807, 2.05) is 13.8 Å². The van der Waals surface area contributed by atoms with Crippen LogP contribution in [0.25, 0.3) is 33.4 Å². The van der Waals surface area contributed by atoms with Gasteiger partial charge >= 0.3 is 6.18 Å². The first-order valence-electron chi connectivity index (χ1n) is 12.7. The summed E-state index contributed by atoms with van der Waals surface area (Å²) in [5.41, 5.74) is 6.31. The van der Waals surface area contributed by atoms with Gasteiger partial charge in [-0.1, -0.05) is 24.3 Å². The normalized spacial score (nSPS) is 12.6. The summed E-state index contributed by atoms with van der Waals surface area (Å²) < 4.78 is 56.2. The lowest BCUT2D eigenvalue weighted by atomic mass is 10.1. The molecule has 42 heavy (non-hydrogen) atoms. The molecule has 14 heteroatoms. The molecule has 3 heterocycles. The van der Waals surface area contributed by atoms with Crippen LogP contribution in [-0.4, -0.2) is 41.6 Å². The Hall–Kier alpha value is -5.14. The minimum Gasteiger partial charge on any atom is -0.383 e. The quantitative estimate of drug-likeness (QED) is 0.257. The molecule has 216 valence electrons. The maximum absolute atomic E-state index is 13.5. The lowest BCUT2D eigenvalue weighted by Gasteiger charge is -2.16. The second-order valence-corrected chi connectivity index (χ2v) is 9.80. The Morgan fingerprint density at radius 2 is 1.60 bits per heavy atom. The van der Waals surface area contributed by atoms with Crippen molar-refractivity contribution in [3.05, 3.63) is 82.8 Å². The van der Waals surface area contributed by atoms with Crippen LogP contribution >= 0.6 is 0 Å². The number of benzene rings is 2. The van der Waals surface area contributed by atoms with Crippen LogP contribution in [0.4, 0.5) is 29.1 Å². The monoisotopic (exact) mass is 580 g/mol. The van der Waals surface area contributed by atoms with Gasteiger partial charge in [0, 0.05) is 29.1 Å². The number of anilines is 2. The molecule has 0 fully saturated rings. The highest BCUT2D eigenvalue weighted by Gasteiger charge is 2.39. The molecular formula is C28H24F4N8O2. The first-order valence-corrected chi connectivity index (χ1v) is 12.7. The van der Waals surface area contributed by atoms with Crippen LogP contribution in [0.15, 0.2) is 65.8 Å². The molecule has 0 saturated heterocycles. The van der Waals surface area contributed by atoms with Crippen molar-refractivity contribution < 1.29 is 22.4 Å². The lowest BCUT2D eigenvalue weighted by molar-refractivity contribution is -0.164. The first kappa shape index (κ1) is 28.4. The first-order chi connectivity index (χ1) is 19.8. The number of hydrogen-bond donors (Lipinski definition) is 2. The molecule has 3 N–H and O–H groups in total. The summed E-state index contributed by atoms with van der Waals surface area (Å²) in [6.45, 7) is 4.61. The van der Waals surface area contributed by atoms with E-state index >= 15 is 0 Å². The Labute approximate surface area is 235 Å². The highest BCUT2D eigenvalue weighted by Crippen LogP contribution is 2.36. The third kappa shape index (κ3) is 5.30. The Bertz CT molecular complexity index is 1850. The number of fused-ring (bicyclic) bond motifs is 1. The van der Waals surface area contributed by atoms with Gasteiger partial charge in [-0.05, 0) is 50.6 Å². The van der Waals surface area contributed by atoms with Gasteiger partial charge < -0.3 is 11.1 Å². The smallest absolute Gasteiger partial charge is 0.383 e. The van der Waals surface area contributed by atoms with Crippen molar-refractivity contribution in [2.24, 2.45) is 0 Å². The van der Waals surface area contributed by atoms with Crippen LogP contribution in [0.5, 0.6) is 0 Å². The van der Waals surface area contributed by atoms with Gasteiger partial charge in [0.05, 0.1) is 5.39 Å². The van der Waals surface area contributed by atoms with E-state index in [4.69, 9.17) is 5.73 Å². The number of aromatic nitrogens is 6. The average Bonchev–Trinajstić information content (AvgIpc) is 3.34. The van der Waals surface area contributed by atoms with Crippen LogP contribution in [0, 0.1) is 5.82 Å². The number of rotatable bonds is 6. The van der Waals surface area contributed by atoms with E-state index in [2.05, 4.69) is 25.5 Å². The summed E-state index contributed by atoms with van der Waals surface area (Å²) >= 11 is 0. The number of nitrogens with one attached hydrogen (secondary N) is 1. The predicted molar refractivity (Wildman–Crippen MR) is 148 cm³/mol. The predicted octanol–water partition coefficient (Wildman–Crippen LogP) is 5.39. The van der Waals surface area contributed by atoms with Crippen molar-refractivity contribution in [2.75, 3.05) is 11.1 Å². The highest BCUT2D eigenvalue weighted by molar-refractivity contribution is 6.03. The van der Waals surface area contributed by atoms with Crippen LogP contribution < -0.4 is 16.5 Å². The van der Waals surface area contributed by atoms with E-state index in [1.165, 1.54) is 59.4 Å². The van der Waals surface area contributed by atoms with Crippen molar-refractivity contribution in [3.8, 4) is 22.4 Å². The molecule has 0 aliphatic rings. The number of hydrogen-bond acceptors (Lipinski definition) is 7. The number of alkyl halides is 3. The van der Waals surface area contributed by atoms with Crippen LogP contribution in [0.2, 0.25) is 0 Å². The number of nitrogen functional groups attached to an aromatic ring is 1. The molecule has 0 radical (unpaired) electrons. The molecule has 0 spiro atoms. The minimum absolute atomic E-state index is 0.0402. The van der Waals surface area contributed by atoms with E-state index in [-0.39, 0.29) is 45.5 Å². The third-order valence-electron chi connectivity index (χ3n) is 6.61. The van der Waals surface area contributed by atoms with Gasteiger partial charge in [-0.25, -0.2) is 19.0 Å². The minimum atomic E-state index is -4.58. The van der Waals surface area contributed by atoms with Gasteiger partial charge in [0.1, 0.15) is 29.7 Å². The van der Waals surface area contributed by atoms with E-state index in [0.717, 1.165) is 17.9 Å². The molecule has 5 aromatic rings. The zero-order valence-corrected chi connectivity index (χ0v) is 22.5. The van der Waals surface area contributed by atoms with Crippen molar-refractivity contribution in [2.45, 2.75) is 39.0 Å². The summed E-state index contributed by atoms with van der Waals surface area (Å²) in [6, 6.07) is 9.19. The fourth-order valence-electron chi connectivity index (χ4n) is 4.26. The summed E-state index contributed by atoms with van der Waals surface area (Å²) in [5, 5.41) is 11.1. The molecule has 0 aliphatic carbocycles. The fourth-order valence-corrected chi connectivity index (χ4v) is 4.26. The molecule has 5 rings (SSSR count). The van der Waals surface area contributed by atoms with Gasteiger partial charge in [0.25, 0.3) is 5.91 Å². The third-order valence-corrected chi connectivity index (χ3v) is 6.61. The standard InChI is InChI=1S/C28H24F4N8O2/c1-14(2)39-12-20(16-4-8-18(29)9-5-16)24(41)23(37-39)27(42)36-19-10-6-17(7-11-19)22-21-25(33)34-13-35-26(21)40(38-22)15(3)28(30,31)32/h4-15H,1-3H3,(H,36,42)(H2,33,34,35). The van der Waals surface area contributed by atoms with E-state index in [1.54, 1.807) is 0 Å². The van der Waals surface area contributed by atoms with Gasteiger partial charge in [0.15, 0.2) is 11.3 Å². The lowest BCUT2D eigenvalue weighted by Crippen LogP contribution is -2.28. The molecule has 1 unspecified atom stereocenters. The molecule has 2 aromatic carbocycles. The molecule has 0 bridgehead atoms. The number of nitrogens with zero attached hydrogens (tertiary/aromatic N) is 6. The van der Waals surface area contributed by atoms with Crippen molar-refractivity contribution in [1.29, 1.82) is 0 Å². The molecule has 0 aliphatic heterocycles.